The van der Waals surface area contributed by atoms with Crippen LogP contribution in [0.1, 0.15) is 10.4 Å². The van der Waals surface area contributed by atoms with Crippen LogP contribution in [0.3, 0.4) is 0 Å². The zero-order chi connectivity index (χ0) is 23.8. The minimum Gasteiger partial charge on any atom is -0.460 e. The van der Waals surface area contributed by atoms with Gasteiger partial charge in [0.2, 0.25) is 5.91 Å². The third-order valence-electron chi connectivity index (χ3n) is 5.19. The van der Waals surface area contributed by atoms with Crippen molar-refractivity contribution >= 4 is 34.6 Å². The smallest absolute Gasteiger partial charge is 0.338 e. The number of carbonyl (C=O) groups is 2. The van der Waals surface area contributed by atoms with Crippen molar-refractivity contribution in [3.8, 4) is 0 Å². The molecule has 0 spiro atoms. The topological polar surface area (TPSA) is 140 Å². The molecule has 1 saturated heterocycles. The van der Waals surface area contributed by atoms with Gasteiger partial charge in [-0.25, -0.2) is 4.79 Å². The molecule has 0 bridgehead atoms. The SMILES string of the molecule is COCCOC(=O)c1ccc(Nc2cccc(N3CCN(CC(N)=O)CC3)c2)c([N+](=O)[O-])c1. The van der Waals surface area contributed by atoms with Crippen LogP contribution in [0.2, 0.25) is 0 Å². The summed E-state index contributed by atoms with van der Waals surface area (Å²) in [6.45, 7) is 3.45. The molecule has 1 heterocycles. The van der Waals surface area contributed by atoms with Gasteiger partial charge in [0, 0.05) is 50.7 Å². The number of esters is 1. The van der Waals surface area contributed by atoms with E-state index < -0.39 is 10.9 Å². The van der Waals surface area contributed by atoms with Gasteiger partial charge in [0.05, 0.1) is 23.6 Å². The standard InChI is InChI=1S/C22H27N5O6/c1-32-11-12-33-22(29)16-5-6-19(20(13-16)27(30)31)24-17-3-2-4-18(14-17)26-9-7-25(8-10-26)15-21(23)28/h2-6,13-14,24H,7-12,15H2,1H3,(H2,23,28). The van der Waals surface area contributed by atoms with Crippen LogP contribution in [-0.4, -0.2) is 74.7 Å². The van der Waals surface area contributed by atoms with Gasteiger partial charge in [-0.2, -0.15) is 0 Å². The van der Waals surface area contributed by atoms with Crippen molar-refractivity contribution < 1.29 is 24.0 Å². The Hall–Kier alpha value is -3.70. The van der Waals surface area contributed by atoms with E-state index in [1.165, 1.54) is 25.3 Å². The second-order valence-electron chi connectivity index (χ2n) is 7.52. The molecule has 1 fully saturated rings. The van der Waals surface area contributed by atoms with Gasteiger partial charge in [0.25, 0.3) is 5.69 Å². The number of primary amides is 1. The number of benzene rings is 2. The van der Waals surface area contributed by atoms with Crippen LogP contribution in [0.4, 0.5) is 22.7 Å². The summed E-state index contributed by atoms with van der Waals surface area (Å²) in [5.74, 6) is -0.996. The van der Waals surface area contributed by atoms with E-state index in [1.807, 2.05) is 29.2 Å². The fourth-order valence-corrected chi connectivity index (χ4v) is 3.54. The first-order valence-electron chi connectivity index (χ1n) is 10.4. The minimum absolute atomic E-state index is 0.0622. The summed E-state index contributed by atoms with van der Waals surface area (Å²) in [5, 5.41) is 14.7. The minimum atomic E-state index is -0.654. The maximum atomic E-state index is 12.1. The molecule has 2 aromatic rings. The van der Waals surface area contributed by atoms with Crippen LogP contribution in [0.25, 0.3) is 0 Å². The van der Waals surface area contributed by atoms with E-state index in [9.17, 15) is 19.7 Å². The Balaban J connectivity index is 1.71. The van der Waals surface area contributed by atoms with Crippen molar-refractivity contribution in [2.24, 2.45) is 5.73 Å². The fourth-order valence-electron chi connectivity index (χ4n) is 3.54. The number of nitro groups is 1. The maximum Gasteiger partial charge on any atom is 0.338 e. The van der Waals surface area contributed by atoms with Gasteiger partial charge < -0.3 is 25.4 Å². The zero-order valence-electron chi connectivity index (χ0n) is 18.4. The van der Waals surface area contributed by atoms with Gasteiger partial charge in [0.1, 0.15) is 12.3 Å². The number of nitrogens with one attached hydrogen (secondary N) is 1. The molecule has 33 heavy (non-hydrogen) atoms. The van der Waals surface area contributed by atoms with Crippen LogP contribution in [0.5, 0.6) is 0 Å². The molecular weight excluding hydrogens is 430 g/mol. The number of hydrogen-bond donors (Lipinski definition) is 2. The highest BCUT2D eigenvalue weighted by atomic mass is 16.6. The van der Waals surface area contributed by atoms with Crippen molar-refractivity contribution in [2.45, 2.75) is 0 Å². The summed E-state index contributed by atoms with van der Waals surface area (Å²) >= 11 is 0. The number of carbonyl (C=O) groups excluding carboxylic acids is 2. The lowest BCUT2D eigenvalue weighted by Crippen LogP contribution is -2.48. The van der Waals surface area contributed by atoms with E-state index in [0.29, 0.717) is 18.8 Å². The number of methoxy groups -OCH3 is 1. The molecule has 3 rings (SSSR count). The number of amides is 1. The van der Waals surface area contributed by atoms with Crippen LogP contribution < -0.4 is 16.0 Å². The monoisotopic (exact) mass is 457 g/mol. The number of nitrogens with zero attached hydrogens (tertiary/aromatic N) is 3. The first-order valence-corrected chi connectivity index (χ1v) is 10.4. The second kappa shape index (κ2) is 11.2. The Morgan fingerprint density at radius 3 is 2.55 bits per heavy atom. The molecule has 176 valence electrons. The summed E-state index contributed by atoms with van der Waals surface area (Å²) in [7, 11) is 1.48. The number of ether oxygens (including phenoxy) is 2. The molecule has 1 aliphatic heterocycles. The first-order chi connectivity index (χ1) is 15.9. The first kappa shape index (κ1) is 24.0. The summed E-state index contributed by atoms with van der Waals surface area (Å²) in [5.41, 5.74) is 7.01. The normalized spacial score (nSPS) is 14.0. The molecule has 11 nitrogen and oxygen atoms in total. The van der Waals surface area contributed by atoms with Gasteiger partial charge in [-0.15, -0.1) is 0 Å². The lowest BCUT2D eigenvalue weighted by molar-refractivity contribution is -0.383. The molecule has 1 aliphatic rings. The molecule has 11 heteroatoms. The van der Waals surface area contributed by atoms with E-state index in [4.69, 9.17) is 15.2 Å². The van der Waals surface area contributed by atoms with Crippen molar-refractivity contribution in [3.63, 3.8) is 0 Å². The highest BCUT2D eigenvalue weighted by molar-refractivity contribution is 5.91. The molecular formula is C22H27N5O6. The Morgan fingerprint density at radius 2 is 1.88 bits per heavy atom. The van der Waals surface area contributed by atoms with E-state index in [0.717, 1.165) is 18.8 Å². The lowest BCUT2D eigenvalue weighted by atomic mass is 10.1. The summed E-state index contributed by atoms with van der Waals surface area (Å²) in [4.78, 5) is 38.5. The number of hydrogen-bond acceptors (Lipinski definition) is 9. The van der Waals surface area contributed by atoms with Gasteiger partial charge >= 0.3 is 5.97 Å². The van der Waals surface area contributed by atoms with Gasteiger partial charge in [0.15, 0.2) is 0 Å². The number of rotatable bonds is 10. The molecule has 1 amide bonds. The molecule has 0 unspecified atom stereocenters. The van der Waals surface area contributed by atoms with E-state index in [1.54, 1.807) is 0 Å². The summed E-state index contributed by atoms with van der Waals surface area (Å²) in [6, 6.07) is 11.7. The third kappa shape index (κ3) is 6.64. The number of anilines is 3. The van der Waals surface area contributed by atoms with Crippen LogP contribution in [0.15, 0.2) is 42.5 Å². The molecule has 0 saturated carbocycles. The molecule has 0 aromatic heterocycles. The lowest BCUT2D eigenvalue weighted by Gasteiger charge is -2.35. The van der Waals surface area contributed by atoms with Crippen molar-refractivity contribution in [1.82, 2.24) is 4.90 Å². The Labute approximate surface area is 191 Å². The Bertz CT molecular complexity index is 1010. The molecule has 2 aromatic carbocycles. The molecule has 0 radical (unpaired) electrons. The average Bonchev–Trinajstić information content (AvgIpc) is 2.79. The Kier molecular flexibility index (Phi) is 8.17. The second-order valence-corrected chi connectivity index (χ2v) is 7.52. The quantitative estimate of drug-likeness (QED) is 0.236. The van der Waals surface area contributed by atoms with E-state index in [-0.39, 0.29) is 42.6 Å². The third-order valence-corrected chi connectivity index (χ3v) is 5.19. The molecule has 3 N–H and O–H groups in total. The van der Waals surface area contributed by atoms with E-state index in [2.05, 4.69) is 10.2 Å². The van der Waals surface area contributed by atoms with Crippen LogP contribution in [-0.2, 0) is 14.3 Å². The predicted molar refractivity (Wildman–Crippen MR) is 123 cm³/mol. The van der Waals surface area contributed by atoms with Crippen molar-refractivity contribution in [2.75, 3.05) is 63.3 Å². The van der Waals surface area contributed by atoms with Crippen LogP contribution in [0, 0.1) is 10.1 Å². The summed E-state index contributed by atoms with van der Waals surface area (Å²) < 4.78 is 9.86. The average molecular weight is 457 g/mol. The number of piperazine rings is 1. The molecule has 0 atom stereocenters. The van der Waals surface area contributed by atoms with Gasteiger partial charge in [-0.3, -0.25) is 19.8 Å². The largest absolute Gasteiger partial charge is 0.460 e. The van der Waals surface area contributed by atoms with Crippen LogP contribution >= 0.6 is 0 Å². The van der Waals surface area contributed by atoms with Crippen molar-refractivity contribution in [3.05, 3.63) is 58.1 Å². The fraction of sp³-hybridized carbons (Fsp3) is 0.364. The van der Waals surface area contributed by atoms with Crippen molar-refractivity contribution in [1.29, 1.82) is 0 Å². The predicted octanol–water partition coefficient (Wildman–Crippen LogP) is 1.75. The maximum absolute atomic E-state index is 12.1. The number of nitrogens with two attached hydrogens (primary N) is 1. The zero-order valence-corrected chi connectivity index (χ0v) is 18.4. The van der Waals surface area contributed by atoms with Gasteiger partial charge in [-0.05, 0) is 30.3 Å². The highest BCUT2D eigenvalue weighted by Crippen LogP contribution is 2.30. The Morgan fingerprint density at radius 1 is 1.12 bits per heavy atom. The van der Waals surface area contributed by atoms with E-state index >= 15 is 0 Å². The number of nitro benzene ring substituents is 1. The highest BCUT2D eigenvalue weighted by Gasteiger charge is 2.20. The van der Waals surface area contributed by atoms with Gasteiger partial charge in [-0.1, -0.05) is 6.07 Å². The summed E-state index contributed by atoms with van der Waals surface area (Å²) in [6.07, 6.45) is 0. The molecule has 0 aliphatic carbocycles.